The Morgan fingerprint density at radius 3 is 2.80 bits per heavy atom. The Hall–Kier alpha value is -3.12. The van der Waals surface area contributed by atoms with E-state index in [1.54, 1.807) is 42.6 Å². The van der Waals surface area contributed by atoms with E-state index < -0.39 is 11.3 Å². The van der Waals surface area contributed by atoms with Gasteiger partial charge in [-0.05, 0) is 29.8 Å². The Bertz CT molecular complexity index is 942. The van der Waals surface area contributed by atoms with Crippen LogP contribution >= 0.6 is 11.6 Å². The second kappa shape index (κ2) is 7.63. The summed E-state index contributed by atoms with van der Waals surface area (Å²) in [6.07, 6.45) is 2.92. The van der Waals surface area contributed by atoms with Crippen molar-refractivity contribution in [2.45, 2.75) is 6.61 Å². The van der Waals surface area contributed by atoms with Gasteiger partial charge in [0.15, 0.2) is 5.75 Å². The van der Waals surface area contributed by atoms with Gasteiger partial charge in [0.05, 0.1) is 0 Å². The van der Waals surface area contributed by atoms with Gasteiger partial charge in [-0.1, -0.05) is 29.8 Å². The molecule has 25 heavy (non-hydrogen) atoms. The van der Waals surface area contributed by atoms with E-state index in [1.165, 1.54) is 12.3 Å². The topological polar surface area (TPSA) is 84.1 Å². The Morgan fingerprint density at radius 1 is 1.20 bits per heavy atom. The second-order valence-corrected chi connectivity index (χ2v) is 5.60. The van der Waals surface area contributed by atoms with Crippen LogP contribution < -0.4 is 15.5 Å². The number of aromatic amines is 1. The number of H-pyrrole nitrogens is 1. The van der Waals surface area contributed by atoms with Gasteiger partial charge in [0.2, 0.25) is 5.43 Å². The molecule has 126 valence electrons. The van der Waals surface area contributed by atoms with Gasteiger partial charge in [-0.15, -0.1) is 0 Å². The van der Waals surface area contributed by atoms with Crippen molar-refractivity contribution in [3.05, 3.63) is 87.4 Å². The fourth-order valence-electron chi connectivity index (χ4n) is 2.11. The first-order chi connectivity index (χ1) is 12.1. The zero-order chi connectivity index (χ0) is 17.6. The number of carbonyl (C=O) groups excluding carboxylic acids is 1. The minimum atomic E-state index is -0.461. The lowest BCUT2D eigenvalue weighted by atomic mass is 10.2. The average Bonchev–Trinajstić information content (AvgIpc) is 2.61. The van der Waals surface area contributed by atoms with E-state index in [0.717, 1.165) is 5.56 Å². The van der Waals surface area contributed by atoms with Gasteiger partial charge in [0.1, 0.15) is 18.1 Å². The number of ether oxygens (including phenoxy) is 1. The van der Waals surface area contributed by atoms with Crippen LogP contribution in [0.4, 0.5) is 5.82 Å². The van der Waals surface area contributed by atoms with Gasteiger partial charge in [-0.3, -0.25) is 9.59 Å². The quantitative estimate of drug-likeness (QED) is 0.735. The van der Waals surface area contributed by atoms with Crippen molar-refractivity contribution in [2.24, 2.45) is 0 Å². The number of carbonyl (C=O) groups is 1. The number of amides is 1. The highest BCUT2D eigenvalue weighted by Crippen LogP contribution is 2.13. The third-order valence-electron chi connectivity index (χ3n) is 3.31. The number of nitrogens with one attached hydrogen (secondary N) is 2. The third kappa shape index (κ3) is 4.45. The maximum atomic E-state index is 12.1. The molecule has 1 amide bonds. The molecule has 0 fully saturated rings. The summed E-state index contributed by atoms with van der Waals surface area (Å²) in [5.74, 6) is 0.0567. The first kappa shape index (κ1) is 16.7. The maximum absolute atomic E-state index is 12.1. The normalized spacial score (nSPS) is 10.3. The van der Waals surface area contributed by atoms with Crippen LogP contribution in [0.2, 0.25) is 5.02 Å². The zero-order valence-electron chi connectivity index (χ0n) is 13.0. The molecule has 0 atom stereocenters. The fourth-order valence-corrected chi connectivity index (χ4v) is 2.32. The molecular formula is C18H14ClN3O3. The number of anilines is 1. The molecule has 0 radical (unpaired) electrons. The standard InChI is InChI=1S/C18H14ClN3O3/c19-13-5-3-4-12(8-13)11-25-16-10-21-14(9-15(16)23)18(24)22-17-6-1-2-7-20-17/h1-10H,11H2,(H,21,23)(H,20,22,24). The molecule has 7 heteroatoms. The van der Waals surface area contributed by atoms with E-state index in [0.29, 0.717) is 10.8 Å². The van der Waals surface area contributed by atoms with Crippen LogP contribution in [-0.2, 0) is 6.61 Å². The summed E-state index contributed by atoms with van der Waals surface area (Å²) in [4.78, 5) is 31.0. The molecule has 6 nitrogen and oxygen atoms in total. The highest BCUT2D eigenvalue weighted by molar-refractivity contribution is 6.30. The van der Waals surface area contributed by atoms with Crippen LogP contribution in [0.25, 0.3) is 0 Å². The maximum Gasteiger partial charge on any atom is 0.273 e. The summed E-state index contributed by atoms with van der Waals surface area (Å²) in [7, 11) is 0. The number of benzene rings is 1. The van der Waals surface area contributed by atoms with Gasteiger partial charge in [-0.2, -0.15) is 0 Å². The minimum Gasteiger partial charge on any atom is -0.483 e. The number of aromatic nitrogens is 2. The number of rotatable bonds is 5. The number of nitrogens with zero attached hydrogens (tertiary/aromatic N) is 1. The van der Waals surface area contributed by atoms with Crippen LogP contribution in [0.3, 0.4) is 0 Å². The molecule has 2 aromatic heterocycles. The minimum absolute atomic E-state index is 0.116. The molecule has 3 aromatic rings. The summed E-state index contributed by atoms with van der Waals surface area (Å²) in [6, 6.07) is 13.5. The van der Waals surface area contributed by atoms with E-state index in [9.17, 15) is 9.59 Å². The van der Waals surface area contributed by atoms with E-state index in [1.807, 2.05) is 6.07 Å². The van der Waals surface area contributed by atoms with Gasteiger partial charge < -0.3 is 15.0 Å². The molecule has 1 aromatic carbocycles. The monoisotopic (exact) mass is 355 g/mol. The predicted molar refractivity (Wildman–Crippen MR) is 95.0 cm³/mol. The van der Waals surface area contributed by atoms with E-state index >= 15 is 0 Å². The molecule has 0 aliphatic carbocycles. The largest absolute Gasteiger partial charge is 0.483 e. The summed E-state index contributed by atoms with van der Waals surface area (Å²) in [5, 5.41) is 3.19. The molecule has 0 spiro atoms. The van der Waals surface area contributed by atoms with Crippen molar-refractivity contribution < 1.29 is 9.53 Å². The van der Waals surface area contributed by atoms with Crippen molar-refractivity contribution >= 4 is 23.3 Å². The summed E-state index contributed by atoms with van der Waals surface area (Å²) in [5.41, 5.74) is 0.557. The molecule has 0 aliphatic heterocycles. The first-order valence-electron chi connectivity index (χ1n) is 7.44. The van der Waals surface area contributed by atoms with Crippen LogP contribution in [-0.4, -0.2) is 15.9 Å². The van der Waals surface area contributed by atoms with Crippen LogP contribution in [0.15, 0.2) is 65.7 Å². The lowest BCUT2D eigenvalue weighted by Crippen LogP contribution is -2.18. The highest BCUT2D eigenvalue weighted by atomic mass is 35.5. The van der Waals surface area contributed by atoms with Gasteiger partial charge in [-0.25, -0.2) is 4.98 Å². The highest BCUT2D eigenvalue weighted by Gasteiger charge is 2.10. The average molecular weight is 356 g/mol. The van der Waals surface area contributed by atoms with Crippen LogP contribution in [0.5, 0.6) is 5.75 Å². The number of hydrogen-bond acceptors (Lipinski definition) is 4. The number of pyridine rings is 2. The van der Waals surface area contributed by atoms with Gasteiger partial charge in [0.25, 0.3) is 5.91 Å². The molecule has 2 heterocycles. The molecule has 0 aliphatic rings. The Morgan fingerprint density at radius 2 is 2.08 bits per heavy atom. The second-order valence-electron chi connectivity index (χ2n) is 5.16. The van der Waals surface area contributed by atoms with E-state index in [-0.39, 0.29) is 18.1 Å². The molecule has 0 unspecified atom stereocenters. The lowest BCUT2D eigenvalue weighted by Gasteiger charge is -2.07. The SMILES string of the molecule is O=C(Nc1ccccn1)c1cc(=O)c(OCc2cccc(Cl)c2)c[nH]1. The molecule has 0 saturated carbocycles. The predicted octanol–water partition coefficient (Wildman–Crippen LogP) is 3.25. The first-order valence-corrected chi connectivity index (χ1v) is 7.82. The van der Waals surface area contributed by atoms with Crippen molar-refractivity contribution in [3.8, 4) is 5.75 Å². The van der Waals surface area contributed by atoms with Crippen molar-refractivity contribution in [1.82, 2.24) is 9.97 Å². The Balaban J connectivity index is 1.68. The zero-order valence-corrected chi connectivity index (χ0v) is 13.8. The molecule has 2 N–H and O–H groups in total. The van der Waals surface area contributed by atoms with Crippen molar-refractivity contribution in [3.63, 3.8) is 0 Å². The molecule has 3 rings (SSSR count). The van der Waals surface area contributed by atoms with Crippen molar-refractivity contribution in [1.29, 1.82) is 0 Å². The summed E-state index contributed by atoms with van der Waals surface area (Å²) >= 11 is 5.91. The van der Waals surface area contributed by atoms with Gasteiger partial charge in [0, 0.05) is 23.5 Å². The number of halogens is 1. The van der Waals surface area contributed by atoms with Crippen molar-refractivity contribution in [2.75, 3.05) is 5.32 Å². The molecular weight excluding hydrogens is 342 g/mol. The smallest absolute Gasteiger partial charge is 0.273 e. The van der Waals surface area contributed by atoms with Crippen LogP contribution in [0, 0.1) is 0 Å². The molecule has 0 saturated heterocycles. The van der Waals surface area contributed by atoms with Gasteiger partial charge >= 0.3 is 0 Å². The van der Waals surface area contributed by atoms with Crippen LogP contribution in [0.1, 0.15) is 16.1 Å². The Labute approximate surface area is 148 Å². The van der Waals surface area contributed by atoms with E-state index in [4.69, 9.17) is 16.3 Å². The molecule has 0 bridgehead atoms. The lowest BCUT2D eigenvalue weighted by molar-refractivity contribution is 0.102. The fraction of sp³-hybridized carbons (Fsp3) is 0.0556. The van der Waals surface area contributed by atoms with E-state index in [2.05, 4.69) is 15.3 Å². The Kier molecular flexibility index (Phi) is 5.11. The number of hydrogen-bond donors (Lipinski definition) is 2. The summed E-state index contributed by atoms with van der Waals surface area (Å²) in [6.45, 7) is 0.198. The third-order valence-corrected chi connectivity index (χ3v) is 3.55. The summed E-state index contributed by atoms with van der Waals surface area (Å²) < 4.78 is 5.48.